The average Bonchev–Trinajstić information content (AvgIpc) is 3.22. The molecular formula is C25H23FN2O2S. The summed E-state index contributed by atoms with van der Waals surface area (Å²) in [6.07, 6.45) is 0.869. The molecule has 1 N–H and O–H groups in total. The summed E-state index contributed by atoms with van der Waals surface area (Å²) < 4.78 is 13.4. The highest BCUT2D eigenvalue weighted by molar-refractivity contribution is 8.00. The van der Waals surface area contributed by atoms with Crippen molar-refractivity contribution in [1.82, 2.24) is 5.32 Å². The molecule has 31 heavy (non-hydrogen) atoms. The first kappa shape index (κ1) is 21.1. The van der Waals surface area contributed by atoms with E-state index < -0.39 is 0 Å². The number of hydrogen-bond acceptors (Lipinski definition) is 3. The van der Waals surface area contributed by atoms with Crippen LogP contribution in [0.2, 0.25) is 0 Å². The maximum atomic E-state index is 13.4. The van der Waals surface area contributed by atoms with E-state index in [2.05, 4.69) is 11.4 Å². The van der Waals surface area contributed by atoms with Crippen molar-refractivity contribution in [3.05, 3.63) is 94.8 Å². The second-order valence-electron chi connectivity index (χ2n) is 7.48. The number of thioether (sulfide) groups is 1. The molecule has 6 heteroatoms. The smallest absolute Gasteiger partial charge is 0.252 e. The molecule has 0 atom stereocenters. The summed E-state index contributed by atoms with van der Waals surface area (Å²) in [6, 6.07) is 20.0. The summed E-state index contributed by atoms with van der Waals surface area (Å²) in [4.78, 5) is 28.1. The quantitative estimate of drug-likeness (QED) is 0.570. The third kappa shape index (κ3) is 4.80. The monoisotopic (exact) mass is 434 g/mol. The van der Waals surface area contributed by atoms with Crippen LogP contribution < -0.4 is 10.2 Å². The van der Waals surface area contributed by atoms with E-state index >= 15 is 0 Å². The molecule has 1 aliphatic rings. The lowest BCUT2D eigenvalue weighted by molar-refractivity contribution is -0.116. The van der Waals surface area contributed by atoms with Crippen LogP contribution in [0.3, 0.4) is 0 Å². The average molecular weight is 435 g/mol. The fourth-order valence-electron chi connectivity index (χ4n) is 3.69. The second kappa shape index (κ2) is 9.35. The molecule has 0 unspecified atom stereocenters. The molecular weight excluding hydrogens is 411 g/mol. The van der Waals surface area contributed by atoms with Gasteiger partial charge < -0.3 is 10.2 Å². The Bertz CT molecular complexity index is 1130. The maximum absolute atomic E-state index is 13.4. The molecule has 1 aliphatic heterocycles. The zero-order chi connectivity index (χ0) is 21.8. The van der Waals surface area contributed by atoms with Crippen LogP contribution in [0.15, 0.2) is 71.6 Å². The van der Waals surface area contributed by atoms with Gasteiger partial charge in [0.2, 0.25) is 5.91 Å². The SMILES string of the molecule is Cc1cc(CNC(=O)c2ccccc2SCC(=O)N2CCc3ccccc32)ccc1F. The van der Waals surface area contributed by atoms with Gasteiger partial charge in [0.05, 0.1) is 11.3 Å². The minimum absolute atomic E-state index is 0.0342. The fraction of sp³-hybridized carbons (Fsp3) is 0.200. The topological polar surface area (TPSA) is 49.4 Å². The first-order valence-corrected chi connectivity index (χ1v) is 11.1. The van der Waals surface area contributed by atoms with E-state index in [1.807, 2.05) is 35.2 Å². The van der Waals surface area contributed by atoms with Crippen molar-refractivity contribution in [3.8, 4) is 0 Å². The number of benzene rings is 3. The summed E-state index contributed by atoms with van der Waals surface area (Å²) >= 11 is 1.37. The van der Waals surface area contributed by atoms with Crippen molar-refractivity contribution in [2.75, 3.05) is 17.2 Å². The number of amides is 2. The molecule has 4 nitrogen and oxygen atoms in total. The minimum Gasteiger partial charge on any atom is -0.348 e. The van der Waals surface area contributed by atoms with Crippen molar-refractivity contribution in [1.29, 1.82) is 0 Å². The van der Waals surface area contributed by atoms with Crippen molar-refractivity contribution < 1.29 is 14.0 Å². The largest absolute Gasteiger partial charge is 0.348 e. The van der Waals surface area contributed by atoms with Crippen LogP contribution in [0.1, 0.15) is 27.0 Å². The Labute approximate surface area is 185 Å². The van der Waals surface area contributed by atoms with Crippen molar-refractivity contribution in [2.45, 2.75) is 24.8 Å². The van der Waals surface area contributed by atoms with Crippen LogP contribution in [-0.4, -0.2) is 24.1 Å². The van der Waals surface area contributed by atoms with E-state index in [0.717, 1.165) is 22.6 Å². The fourth-order valence-corrected chi connectivity index (χ4v) is 4.61. The molecule has 4 rings (SSSR count). The number of nitrogens with one attached hydrogen (secondary N) is 1. The van der Waals surface area contributed by atoms with E-state index in [-0.39, 0.29) is 23.4 Å². The molecule has 0 fully saturated rings. The summed E-state index contributed by atoms with van der Waals surface area (Å²) in [5.41, 5.74) is 4.08. The number of fused-ring (bicyclic) bond motifs is 1. The molecule has 0 radical (unpaired) electrons. The highest BCUT2D eigenvalue weighted by Crippen LogP contribution is 2.29. The highest BCUT2D eigenvalue weighted by Gasteiger charge is 2.24. The minimum atomic E-state index is -0.262. The molecule has 1 heterocycles. The van der Waals surface area contributed by atoms with Crippen molar-refractivity contribution in [3.63, 3.8) is 0 Å². The van der Waals surface area contributed by atoms with Crippen molar-refractivity contribution >= 4 is 29.3 Å². The zero-order valence-corrected chi connectivity index (χ0v) is 18.0. The molecule has 3 aromatic rings. The molecule has 0 aromatic heterocycles. The van der Waals surface area contributed by atoms with Gasteiger partial charge >= 0.3 is 0 Å². The predicted molar refractivity (Wildman–Crippen MR) is 122 cm³/mol. The number of carbonyl (C=O) groups is 2. The number of halogens is 1. The Morgan fingerprint density at radius 2 is 1.84 bits per heavy atom. The Morgan fingerprint density at radius 1 is 1.06 bits per heavy atom. The first-order chi connectivity index (χ1) is 15.0. The van der Waals surface area contributed by atoms with Crippen LogP contribution in [-0.2, 0) is 17.8 Å². The summed E-state index contributed by atoms with van der Waals surface area (Å²) in [5, 5.41) is 2.89. The molecule has 158 valence electrons. The summed E-state index contributed by atoms with van der Waals surface area (Å²) in [7, 11) is 0. The number of aryl methyl sites for hydroxylation is 1. The third-order valence-electron chi connectivity index (χ3n) is 5.35. The molecule has 0 saturated heterocycles. The lowest BCUT2D eigenvalue weighted by Crippen LogP contribution is -2.30. The maximum Gasteiger partial charge on any atom is 0.252 e. The lowest BCUT2D eigenvalue weighted by Gasteiger charge is -2.17. The van der Waals surface area contributed by atoms with Gasteiger partial charge in [-0.05, 0) is 54.3 Å². The highest BCUT2D eigenvalue weighted by atomic mass is 32.2. The van der Waals surface area contributed by atoms with Gasteiger partial charge in [-0.2, -0.15) is 0 Å². The van der Waals surface area contributed by atoms with Crippen LogP contribution in [0, 0.1) is 12.7 Å². The number of carbonyl (C=O) groups excluding carboxylic acids is 2. The van der Waals surface area contributed by atoms with Gasteiger partial charge in [-0.3, -0.25) is 9.59 Å². The van der Waals surface area contributed by atoms with Gasteiger partial charge in [0.15, 0.2) is 0 Å². The summed E-state index contributed by atoms with van der Waals surface area (Å²) in [6.45, 7) is 2.70. The van der Waals surface area contributed by atoms with Gasteiger partial charge in [0.1, 0.15) is 5.82 Å². The number of nitrogens with zero attached hydrogens (tertiary/aromatic N) is 1. The van der Waals surface area contributed by atoms with E-state index in [0.29, 0.717) is 24.2 Å². The molecule has 0 spiro atoms. The number of hydrogen-bond donors (Lipinski definition) is 1. The van der Waals surface area contributed by atoms with Gasteiger partial charge in [0.25, 0.3) is 5.91 Å². The molecule has 0 saturated carbocycles. The molecule has 3 aromatic carbocycles. The normalized spacial score (nSPS) is 12.5. The Hall–Kier alpha value is -3.12. The molecule has 0 aliphatic carbocycles. The van der Waals surface area contributed by atoms with Gasteiger partial charge in [0, 0.05) is 23.7 Å². The van der Waals surface area contributed by atoms with E-state index in [4.69, 9.17) is 0 Å². The van der Waals surface area contributed by atoms with Crippen molar-refractivity contribution in [2.24, 2.45) is 0 Å². The number of rotatable bonds is 6. The first-order valence-electron chi connectivity index (χ1n) is 10.2. The van der Waals surface area contributed by atoms with Crippen LogP contribution in [0.25, 0.3) is 0 Å². The van der Waals surface area contributed by atoms with Crippen LogP contribution in [0.5, 0.6) is 0 Å². The molecule has 0 bridgehead atoms. The van der Waals surface area contributed by atoms with Crippen LogP contribution >= 0.6 is 11.8 Å². The van der Waals surface area contributed by atoms with Gasteiger partial charge in [-0.1, -0.05) is 42.5 Å². The second-order valence-corrected chi connectivity index (χ2v) is 8.49. The van der Waals surface area contributed by atoms with Gasteiger partial charge in [-0.15, -0.1) is 11.8 Å². The number of anilines is 1. The van der Waals surface area contributed by atoms with E-state index in [1.54, 1.807) is 31.2 Å². The predicted octanol–water partition coefficient (Wildman–Crippen LogP) is 4.75. The van der Waals surface area contributed by atoms with Gasteiger partial charge in [-0.25, -0.2) is 4.39 Å². The number of para-hydroxylation sites is 1. The Kier molecular flexibility index (Phi) is 6.37. The van der Waals surface area contributed by atoms with E-state index in [9.17, 15) is 14.0 Å². The zero-order valence-electron chi connectivity index (χ0n) is 17.2. The Morgan fingerprint density at radius 3 is 2.68 bits per heavy atom. The standard InChI is InChI=1S/C25H23FN2O2S/c1-17-14-18(10-11-21(17)26)15-27-25(30)20-7-3-5-9-23(20)31-16-24(29)28-13-12-19-6-2-4-8-22(19)28/h2-11,14H,12-13,15-16H2,1H3,(H,27,30). The lowest BCUT2D eigenvalue weighted by atomic mass is 10.1. The van der Waals surface area contributed by atoms with E-state index in [1.165, 1.54) is 23.4 Å². The third-order valence-corrected chi connectivity index (χ3v) is 6.40. The molecule has 2 amide bonds. The Balaban J connectivity index is 1.39. The summed E-state index contributed by atoms with van der Waals surface area (Å²) in [5.74, 6) is -0.186. The van der Waals surface area contributed by atoms with Crippen LogP contribution in [0.4, 0.5) is 10.1 Å².